The van der Waals surface area contributed by atoms with Crippen molar-refractivity contribution in [1.82, 2.24) is 4.98 Å². The van der Waals surface area contributed by atoms with Crippen LogP contribution in [0, 0.1) is 11.8 Å². The van der Waals surface area contributed by atoms with E-state index in [2.05, 4.69) is 24.0 Å². The van der Waals surface area contributed by atoms with Gasteiger partial charge in [-0.3, -0.25) is 4.79 Å². The Hall–Kier alpha value is -2.47. The lowest BCUT2D eigenvalue weighted by molar-refractivity contribution is -0.945. The number of hydrogen-bond acceptors (Lipinski definition) is 4. The zero-order valence-electron chi connectivity index (χ0n) is 16.6. The van der Waals surface area contributed by atoms with Crippen LogP contribution in [0.25, 0.3) is 10.9 Å². The highest BCUT2D eigenvalue weighted by Crippen LogP contribution is 2.41. The summed E-state index contributed by atoms with van der Waals surface area (Å²) >= 11 is 0. The average molecular weight is 383 g/mol. The third-order valence-corrected chi connectivity index (χ3v) is 6.82. The predicted octanol–water partition coefficient (Wildman–Crippen LogP) is 2.12. The second kappa shape index (κ2) is 6.55. The van der Waals surface area contributed by atoms with Crippen molar-refractivity contribution in [1.29, 1.82) is 0 Å². The number of nitrogens with one attached hydrogen (secondary N) is 2. The highest BCUT2D eigenvalue weighted by molar-refractivity contribution is 5.86. The van der Waals surface area contributed by atoms with Gasteiger partial charge >= 0.3 is 5.97 Å². The Morgan fingerprint density at radius 1 is 1.36 bits per heavy atom. The topological polar surface area (TPSA) is 65.0 Å². The van der Waals surface area contributed by atoms with Crippen molar-refractivity contribution in [3.8, 4) is 5.75 Å². The van der Waals surface area contributed by atoms with Crippen LogP contribution in [0.3, 0.4) is 0 Å². The molecule has 0 spiro atoms. The van der Waals surface area contributed by atoms with E-state index in [0.717, 1.165) is 37.2 Å². The standard InChI is InChI=1S/C22H26N2O4/c1-12-18-10-24-7-6-16-15-5-4-14(26-3)8-19(15)23-22(16)20(24)9-17(18)21(11-27-12)28-13(2)25/h4-5,8,11-12,17-18,20,23H,6-7,9-10H2,1-3H3/p+1/t12-,17-,18+,20-/m0/s1. The summed E-state index contributed by atoms with van der Waals surface area (Å²) in [6, 6.07) is 6.67. The molecular weight excluding hydrogens is 356 g/mol. The molecule has 0 amide bonds. The predicted molar refractivity (Wildman–Crippen MR) is 104 cm³/mol. The van der Waals surface area contributed by atoms with Crippen LogP contribution in [-0.4, -0.2) is 37.3 Å². The zero-order valence-corrected chi connectivity index (χ0v) is 16.6. The van der Waals surface area contributed by atoms with Crippen LogP contribution >= 0.6 is 0 Å². The molecule has 0 bridgehead atoms. The van der Waals surface area contributed by atoms with E-state index >= 15 is 0 Å². The fourth-order valence-electron chi connectivity index (χ4n) is 5.46. The molecule has 4 heterocycles. The summed E-state index contributed by atoms with van der Waals surface area (Å²) < 4.78 is 16.7. The van der Waals surface area contributed by atoms with Gasteiger partial charge < -0.3 is 24.1 Å². The van der Waals surface area contributed by atoms with E-state index in [-0.39, 0.29) is 18.0 Å². The highest BCUT2D eigenvalue weighted by Gasteiger charge is 2.49. The zero-order chi connectivity index (χ0) is 19.4. The van der Waals surface area contributed by atoms with E-state index in [1.807, 2.05) is 6.07 Å². The third kappa shape index (κ3) is 2.70. The number of ether oxygens (including phenoxy) is 3. The van der Waals surface area contributed by atoms with Gasteiger partial charge in [-0.05, 0) is 24.6 Å². The molecule has 28 heavy (non-hydrogen) atoms. The van der Waals surface area contributed by atoms with Crippen molar-refractivity contribution in [2.45, 2.75) is 38.8 Å². The molecule has 6 nitrogen and oxygen atoms in total. The molecule has 1 aromatic heterocycles. The lowest BCUT2D eigenvalue weighted by Crippen LogP contribution is -3.15. The van der Waals surface area contributed by atoms with Crippen LogP contribution in [0.15, 0.2) is 30.2 Å². The smallest absolute Gasteiger partial charge is 0.307 e. The Bertz CT molecular complexity index is 963. The van der Waals surface area contributed by atoms with Gasteiger partial charge in [0.2, 0.25) is 0 Å². The maximum absolute atomic E-state index is 11.6. The summed E-state index contributed by atoms with van der Waals surface area (Å²) in [5, 5.41) is 1.30. The number of hydrogen-bond donors (Lipinski definition) is 2. The summed E-state index contributed by atoms with van der Waals surface area (Å²) in [6.07, 6.45) is 3.85. The molecular formula is C22H27N2O4+. The number of fused-ring (bicyclic) bond motifs is 6. The Morgan fingerprint density at radius 3 is 3.00 bits per heavy atom. The van der Waals surface area contributed by atoms with Crippen LogP contribution in [0.4, 0.5) is 0 Å². The first-order valence-corrected chi connectivity index (χ1v) is 10.1. The first-order chi connectivity index (χ1) is 13.5. The second-order valence-corrected chi connectivity index (χ2v) is 8.30. The minimum absolute atomic E-state index is 0.145. The first-order valence-electron chi connectivity index (χ1n) is 10.1. The fourth-order valence-corrected chi connectivity index (χ4v) is 5.46. The maximum Gasteiger partial charge on any atom is 0.307 e. The molecule has 1 saturated heterocycles. The van der Waals surface area contributed by atoms with E-state index < -0.39 is 0 Å². The molecule has 1 aromatic carbocycles. The summed E-state index contributed by atoms with van der Waals surface area (Å²) in [5.74, 6) is 1.88. The van der Waals surface area contributed by atoms with Crippen molar-refractivity contribution in [3.05, 3.63) is 41.5 Å². The minimum Gasteiger partial charge on any atom is -0.497 e. The van der Waals surface area contributed by atoms with Gasteiger partial charge in [0.1, 0.15) is 29.9 Å². The number of rotatable bonds is 2. The van der Waals surface area contributed by atoms with Gasteiger partial charge in [0.15, 0.2) is 0 Å². The lowest BCUT2D eigenvalue weighted by Gasteiger charge is -2.46. The van der Waals surface area contributed by atoms with Gasteiger partial charge in [0.05, 0.1) is 31.8 Å². The molecule has 5 rings (SSSR count). The highest BCUT2D eigenvalue weighted by atomic mass is 16.6. The van der Waals surface area contributed by atoms with Crippen LogP contribution in [0.1, 0.15) is 37.6 Å². The van der Waals surface area contributed by atoms with E-state index in [4.69, 9.17) is 14.2 Å². The Balaban J connectivity index is 1.52. The number of carbonyl (C=O) groups excluding carboxylic acids is 1. The number of esters is 1. The molecule has 2 aromatic rings. The van der Waals surface area contributed by atoms with Gasteiger partial charge in [-0.2, -0.15) is 0 Å². The van der Waals surface area contributed by atoms with Crippen LogP contribution in [-0.2, 0) is 20.7 Å². The van der Waals surface area contributed by atoms with E-state index in [0.29, 0.717) is 17.7 Å². The number of methoxy groups -OCH3 is 1. The molecule has 3 aliphatic rings. The number of quaternary nitrogens is 1. The molecule has 1 unspecified atom stereocenters. The van der Waals surface area contributed by atoms with Gasteiger partial charge in [0, 0.05) is 42.7 Å². The average Bonchev–Trinajstić information content (AvgIpc) is 3.07. The molecule has 6 heteroatoms. The Morgan fingerprint density at radius 2 is 2.21 bits per heavy atom. The van der Waals surface area contributed by atoms with Gasteiger partial charge in [0.25, 0.3) is 0 Å². The molecule has 148 valence electrons. The van der Waals surface area contributed by atoms with Gasteiger partial charge in [-0.1, -0.05) is 0 Å². The van der Waals surface area contributed by atoms with Crippen LogP contribution < -0.4 is 9.64 Å². The third-order valence-electron chi connectivity index (χ3n) is 6.82. The number of carbonyl (C=O) groups is 1. The van der Waals surface area contributed by atoms with Crippen molar-refractivity contribution in [2.75, 3.05) is 20.2 Å². The molecule has 0 aliphatic carbocycles. The number of H-pyrrole nitrogens is 1. The van der Waals surface area contributed by atoms with E-state index in [1.165, 1.54) is 23.6 Å². The molecule has 2 N–H and O–H groups in total. The van der Waals surface area contributed by atoms with E-state index in [9.17, 15) is 4.79 Å². The number of benzene rings is 1. The van der Waals surface area contributed by atoms with E-state index in [1.54, 1.807) is 18.3 Å². The number of piperidine rings is 1. The van der Waals surface area contributed by atoms with Gasteiger partial charge in [-0.15, -0.1) is 0 Å². The van der Waals surface area contributed by atoms with Gasteiger partial charge in [-0.25, -0.2) is 0 Å². The van der Waals surface area contributed by atoms with Crippen molar-refractivity contribution < 1.29 is 23.9 Å². The lowest BCUT2D eigenvalue weighted by atomic mass is 9.74. The summed E-state index contributed by atoms with van der Waals surface area (Å²) in [6.45, 7) is 5.74. The second-order valence-electron chi connectivity index (χ2n) is 8.30. The molecule has 3 aliphatic heterocycles. The van der Waals surface area contributed by atoms with Crippen molar-refractivity contribution >= 4 is 16.9 Å². The Kier molecular flexibility index (Phi) is 4.12. The normalized spacial score (nSPS) is 31.1. The van der Waals surface area contributed by atoms with Crippen molar-refractivity contribution in [3.63, 3.8) is 0 Å². The summed E-state index contributed by atoms with van der Waals surface area (Å²) in [5.41, 5.74) is 3.91. The van der Waals surface area contributed by atoms with Crippen LogP contribution in [0.5, 0.6) is 5.75 Å². The monoisotopic (exact) mass is 383 g/mol. The quantitative estimate of drug-likeness (QED) is 0.780. The summed E-state index contributed by atoms with van der Waals surface area (Å²) in [4.78, 5) is 16.9. The first kappa shape index (κ1) is 17.6. The Labute approximate surface area is 164 Å². The van der Waals surface area contributed by atoms with Crippen LogP contribution in [0.2, 0.25) is 0 Å². The number of allylic oxidation sites excluding steroid dienone is 1. The summed E-state index contributed by atoms with van der Waals surface area (Å²) in [7, 11) is 1.70. The molecule has 1 fully saturated rings. The number of aromatic amines is 1. The number of aromatic nitrogens is 1. The minimum atomic E-state index is -0.278. The maximum atomic E-state index is 11.6. The molecule has 5 atom stereocenters. The van der Waals surface area contributed by atoms with Crippen molar-refractivity contribution in [2.24, 2.45) is 11.8 Å². The molecule has 0 radical (unpaired) electrons. The fraction of sp³-hybridized carbons (Fsp3) is 0.500. The largest absolute Gasteiger partial charge is 0.497 e. The SMILES string of the molecule is COc1ccc2c3c([nH]c2c1)[C@@H]1C[C@@H]2C(OC(C)=O)=CO[C@@H](C)[C@H]2C[NH+]1CC3. The molecule has 0 saturated carbocycles.